The van der Waals surface area contributed by atoms with Crippen molar-refractivity contribution in [3.05, 3.63) is 125 Å². The molecule has 2 bridgehead atoms. The third kappa shape index (κ3) is 5.21. The van der Waals surface area contributed by atoms with Crippen LogP contribution in [0.5, 0.6) is 5.75 Å². The standard InChI is InChI=1S/C37H31NO8/c39-28(22-15-17-23(18-16-22)46-37(43)29-13-8-20-44-29)21-45-30(40)14-2-1-7-19-38-35(41)33-31-24-9-3-4-10-25(24)32(34(33)36(38)42)27-12-6-5-11-26(27)31/h3-6,8-13,15-18,20,31-34H,1-2,7,14,19,21H2/t31?,32?,33-,34+. The van der Waals surface area contributed by atoms with Crippen LogP contribution < -0.4 is 4.74 Å². The summed E-state index contributed by atoms with van der Waals surface area (Å²) >= 11 is 0. The molecule has 232 valence electrons. The highest BCUT2D eigenvalue weighted by molar-refractivity contribution is 6.07. The molecule has 0 radical (unpaired) electrons. The Kier molecular flexibility index (Phi) is 7.82. The summed E-state index contributed by atoms with van der Waals surface area (Å²) in [5.41, 5.74) is 4.91. The molecule has 3 aromatic carbocycles. The highest BCUT2D eigenvalue weighted by Crippen LogP contribution is 2.60. The minimum Gasteiger partial charge on any atom is -0.457 e. The van der Waals surface area contributed by atoms with Crippen molar-refractivity contribution in [3.8, 4) is 5.75 Å². The van der Waals surface area contributed by atoms with Crippen molar-refractivity contribution in [3.63, 3.8) is 0 Å². The van der Waals surface area contributed by atoms with E-state index in [1.54, 1.807) is 6.07 Å². The number of rotatable bonds is 11. The van der Waals surface area contributed by atoms with E-state index < -0.39 is 18.5 Å². The fourth-order valence-corrected chi connectivity index (χ4v) is 7.24. The third-order valence-electron chi connectivity index (χ3n) is 9.28. The van der Waals surface area contributed by atoms with Crippen molar-refractivity contribution in [2.75, 3.05) is 13.2 Å². The summed E-state index contributed by atoms with van der Waals surface area (Å²) in [6.07, 6.45) is 3.20. The molecule has 9 nitrogen and oxygen atoms in total. The molecule has 4 aromatic rings. The first-order chi connectivity index (χ1) is 22.4. The van der Waals surface area contributed by atoms with Gasteiger partial charge in [0.2, 0.25) is 17.6 Å². The van der Waals surface area contributed by atoms with Crippen molar-refractivity contribution in [1.82, 2.24) is 4.90 Å². The number of hydrogen-bond acceptors (Lipinski definition) is 8. The molecule has 0 N–H and O–H groups in total. The number of ether oxygens (including phenoxy) is 2. The second kappa shape index (κ2) is 12.2. The smallest absolute Gasteiger partial charge is 0.379 e. The molecule has 0 saturated carbocycles. The van der Waals surface area contributed by atoms with Crippen LogP contribution in [0.3, 0.4) is 0 Å². The van der Waals surface area contributed by atoms with Gasteiger partial charge in [-0.05, 0) is 71.5 Å². The molecule has 0 spiro atoms. The summed E-state index contributed by atoms with van der Waals surface area (Å²) in [6.45, 7) is -0.0891. The van der Waals surface area contributed by atoms with E-state index in [0.717, 1.165) is 22.3 Å². The molecular weight excluding hydrogens is 586 g/mol. The van der Waals surface area contributed by atoms with Crippen LogP contribution in [-0.4, -0.2) is 47.6 Å². The number of carbonyl (C=O) groups is 5. The Balaban J connectivity index is 0.869. The fraction of sp³-hybridized carbons (Fsp3) is 0.270. The molecule has 0 unspecified atom stereocenters. The molecule has 1 saturated heterocycles. The number of nitrogens with zero attached hydrogens (tertiary/aromatic N) is 1. The molecule has 9 heteroatoms. The predicted molar refractivity (Wildman–Crippen MR) is 164 cm³/mol. The molecule has 1 fully saturated rings. The second-order valence-electron chi connectivity index (χ2n) is 11.9. The molecule has 2 amide bonds. The Bertz CT molecular complexity index is 1710. The lowest BCUT2D eigenvalue weighted by molar-refractivity contribution is -0.143. The number of amides is 2. The SMILES string of the molecule is O=C(CCCCCN1C(=O)[C@@H]2C3c4ccccc4C(c4ccccc43)[C@@H]2C1=O)OCC(=O)c1ccc(OC(=O)c2ccco2)cc1. The molecule has 2 atom stereocenters. The average Bonchev–Trinajstić information content (AvgIpc) is 3.71. The molecule has 2 heterocycles. The minimum atomic E-state index is -0.654. The molecule has 1 aliphatic heterocycles. The summed E-state index contributed by atoms with van der Waals surface area (Å²) < 4.78 is 15.4. The number of Topliss-reactive ketones (excluding diaryl/α,β-unsaturated/α-hetero) is 1. The Labute approximate surface area is 265 Å². The van der Waals surface area contributed by atoms with Gasteiger partial charge in [-0.15, -0.1) is 0 Å². The molecule has 1 aromatic heterocycles. The third-order valence-corrected chi connectivity index (χ3v) is 9.28. The number of likely N-dealkylation sites (tertiary alicyclic amines) is 1. The lowest BCUT2D eigenvalue weighted by atomic mass is 9.55. The highest BCUT2D eigenvalue weighted by Gasteiger charge is 2.61. The van der Waals surface area contributed by atoms with Gasteiger partial charge in [0.05, 0.1) is 18.1 Å². The zero-order valence-electron chi connectivity index (χ0n) is 24.9. The first-order valence-electron chi connectivity index (χ1n) is 15.5. The number of carbonyl (C=O) groups excluding carboxylic acids is 5. The van der Waals surface area contributed by atoms with Crippen molar-refractivity contribution in [2.45, 2.75) is 37.5 Å². The van der Waals surface area contributed by atoms with Crippen LogP contribution in [0.2, 0.25) is 0 Å². The summed E-state index contributed by atoms with van der Waals surface area (Å²) in [5, 5.41) is 0. The average molecular weight is 618 g/mol. The highest BCUT2D eigenvalue weighted by atomic mass is 16.5. The minimum absolute atomic E-state index is 0.0622. The van der Waals surface area contributed by atoms with Crippen molar-refractivity contribution in [2.24, 2.45) is 11.8 Å². The van der Waals surface area contributed by atoms with Crippen LogP contribution in [-0.2, 0) is 19.1 Å². The van der Waals surface area contributed by atoms with Crippen LogP contribution >= 0.6 is 0 Å². The van der Waals surface area contributed by atoms with Crippen LogP contribution in [0.4, 0.5) is 0 Å². The Morgan fingerprint density at radius 3 is 1.83 bits per heavy atom. The zero-order valence-corrected chi connectivity index (χ0v) is 24.9. The van der Waals surface area contributed by atoms with Gasteiger partial charge in [0.1, 0.15) is 5.75 Å². The number of hydrogen-bond donors (Lipinski definition) is 0. The monoisotopic (exact) mass is 617 g/mol. The number of ketones is 1. The Morgan fingerprint density at radius 2 is 1.28 bits per heavy atom. The van der Waals surface area contributed by atoms with E-state index in [0.29, 0.717) is 31.4 Å². The van der Waals surface area contributed by atoms with E-state index in [4.69, 9.17) is 13.9 Å². The Hall–Kier alpha value is -5.31. The molecule has 3 aliphatic carbocycles. The number of benzene rings is 3. The first-order valence-corrected chi connectivity index (χ1v) is 15.5. The van der Waals surface area contributed by atoms with Crippen LogP contribution in [0.1, 0.15) is 80.7 Å². The first kappa shape index (κ1) is 29.4. The van der Waals surface area contributed by atoms with Gasteiger partial charge >= 0.3 is 11.9 Å². The van der Waals surface area contributed by atoms with Gasteiger partial charge in [0.15, 0.2) is 12.4 Å². The summed E-state index contributed by atoms with van der Waals surface area (Å²) in [6, 6.07) is 25.3. The van der Waals surface area contributed by atoms with Crippen molar-refractivity contribution < 1.29 is 37.9 Å². The number of unbranched alkanes of at least 4 members (excludes halogenated alkanes) is 2. The topological polar surface area (TPSA) is 120 Å². The lowest BCUT2D eigenvalue weighted by Gasteiger charge is -2.45. The van der Waals surface area contributed by atoms with Gasteiger partial charge in [0.25, 0.3) is 0 Å². The van der Waals surface area contributed by atoms with Crippen molar-refractivity contribution in [1.29, 1.82) is 0 Å². The van der Waals surface area contributed by atoms with E-state index in [1.165, 1.54) is 41.5 Å². The van der Waals surface area contributed by atoms with Gasteiger partial charge in [-0.3, -0.25) is 24.1 Å². The van der Waals surface area contributed by atoms with Crippen molar-refractivity contribution >= 4 is 29.5 Å². The number of esters is 2. The normalized spacial score (nSPS) is 20.6. The number of furan rings is 1. The lowest BCUT2D eigenvalue weighted by Crippen LogP contribution is -2.41. The quantitative estimate of drug-likeness (QED) is 0.0694. The summed E-state index contributed by atoms with van der Waals surface area (Å²) in [5.74, 6) is -2.45. The second-order valence-corrected chi connectivity index (χ2v) is 11.9. The summed E-state index contributed by atoms with van der Waals surface area (Å²) in [4.78, 5) is 65.6. The fourth-order valence-electron chi connectivity index (χ4n) is 7.24. The number of imide groups is 1. The molecular formula is C37H31NO8. The van der Waals surface area contributed by atoms with E-state index >= 15 is 0 Å². The van der Waals surface area contributed by atoms with Crippen LogP contribution in [0, 0.1) is 11.8 Å². The molecule has 46 heavy (non-hydrogen) atoms. The summed E-state index contributed by atoms with van der Waals surface area (Å²) in [7, 11) is 0. The predicted octanol–water partition coefficient (Wildman–Crippen LogP) is 5.68. The molecule has 8 rings (SSSR count). The molecule has 4 aliphatic rings. The van der Waals surface area contributed by atoms with E-state index in [1.807, 2.05) is 24.3 Å². The van der Waals surface area contributed by atoms with E-state index in [2.05, 4.69) is 24.3 Å². The zero-order chi connectivity index (χ0) is 31.8. The van der Waals surface area contributed by atoms with Gasteiger partial charge < -0.3 is 13.9 Å². The van der Waals surface area contributed by atoms with Gasteiger partial charge in [-0.2, -0.15) is 0 Å². The van der Waals surface area contributed by atoms with Gasteiger partial charge in [-0.25, -0.2) is 4.79 Å². The van der Waals surface area contributed by atoms with Gasteiger partial charge in [0, 0.05) is 30.4 Å². The maximum Gasteiger partial charge on any atom is 0.379 e. The van der Waals surface area contributed by atoms with Crippen LogP contribution in [0.15, 0.2) is 95.6 Å². The largest absolute Gasteiger partial charge is 0.457 e. The van der Waals surface area contributed by atoms with E-state index in [-0.39, 0.29) is 59.2 Å². The Morgan fingerprint density at radius 1 is 0.696 bits per heavy atom. The maximum absolute atomic E-state index is 13.7. The van der Waals surface area contributed by atoms with Crippen LogP contribution in [0.25, 0.3) is 0 Å². The van der Waals surface area contributed by atoms with E-state index in [9.17, 15) is 24.0 Å². The maximum atomic E-state index is 13.7. The van der Waals surface area contributed by atoms with Gasteiger partial charge in [-0.1, -0.05) is 55.0 Å².